The normalized spacial score (nSPS) is 11.3. The van der Waals surface area contributed by atoms with E-state index in [0.717, 1.165) is 16.6 Å². The number of thiazole rings is 1. The molecule has 2 N–H and O–H groups in total. The lowest BCUT2D eigenvalue weighted by molar-refractivity contribution is -0.137. The molecule has 4 nitrogen and oxygen atoms in total. The molecule has 2 aromatic carbocycles. The van der Waals surface area contributed by atoms with Crippen LogP contribution in [-0.4, -0.2) is 10.9 Å². The van der Waals surface area contributed by atoms with E-state index < -0.39 is 11.7 Å². The molecule has 1 aromatic heterocycles. The largest absolute Gasteiger partial charge is 0.418 e. The summed E-state index contributed by atoms with van der Waals surface area (Å²) in [4.78, 5) is 16.4. The van der Waals surface area contributed by atoms with Crippen LogP contribution in [0.25, 0.3) is 0 Å². The van der Waals surface area contributed by atoms with E-state index in [2.05, 4.69) is 15.6 Å². The van der Waals surface area contributed by atoms with Crippen molar-refractivity contribution in [2.24, 2.45) is 0 Å². The first-order chi connectivity index (χ1) is 12.8. The minimum atomic E-state index is -4.42. The minimum absolute atomic E-state index is 0.0192. The zero-order valence-corrected chi connectivity index (χ0v) is 15.1. The monoisotopic (exact) mass is 391 g/mol. The van der Waals surface area contributed by atoms with Crippen molar-refractivity contribution in [1.82, 2.24) is 4.98 Å². The molecule has 3 rings (SSSR count). The molecular weight excluding hydrogens is 375 g/mol. The molecule has 0 fully saturated rings. The van der Waals surface area contributed by atoms with E-state index in [-0.39, 0.29) is 18.1 Å². The van der Waals surface area contributed by atoms with Gasteiger partial charge < -0.3 is 10.6 Å². The summed E-state index contributed by atoms with van der Waals surface area (Å²) in [7, 11) is 0. The SMILES string of the molecule is Cc1nc(NC(=O)c2ccc(CNc3ccccc3C(F)(F)F)cc2)cs1. The molecule has 0 spiro atoms. The number of benzene rings is 2. The first-order valence-corrected chi connectivity index (χ1v) is 8.93. The Hall–Kier alpha value is -2.87. The lowest BCUT2D eigenvalue weighted by Gasteiger charge is -2.14. The zero-order valence-electron chi connectivity index (χ0n) is 14.3. The third-order valence-corrected chi connectivity index (χ3v) is 4.57. The average Bonchev–Trinajstić information content (AvgIpc) is 3.04. The van der Waals surface area contributed by atoms with Gasteiger partial charge in [0.05, 0.1) is 10.6 Å². The van der Waals surface area contributed by atoms with Crippen LogP contribution in [0.5, 0.6) is 0 Å². The maximum absolute atomic E-state index is 13.0. The summed E-state index contributed by atoms with van der Waals surface area (Å²) >= 11 is 1.44. The van der Waals surface area contributed by atoms with Gasteiger partial charge in [-0.05, 0) is 36.8 Å². The lowest BCUT2D eigenvalue weighted by Crippen LogP contribution is -2.12. The van der Waals surface area contributed by atoms with E-state index in [0.29, 0.717) is 11.4 Å². The number of aromatic nitrogens is 1. The van der Waals surface area contributed by atoms with Crippen LogP contribution in [0.2, 0.25) is 0 Å². The number of hydrogen-bond acceptors (Lipinski definition) is 4. The number of nitrogens with zero attached hydrogens (tertiary/aromatic N) is 1. The molecule has 0 aliphatic carbocycles. The van der Waals surface area contributed by atoms with Gasteiger partial charge in [0.2, 0.25) is 0 Å². The van der Waals surface area contributed by atoms with Crippen LogP contribution in [0.15, 0.2) is 53.9 Å². The quantitative estimate of drug-likeness (QED) is 0.618. The summed E-state index contributed by atoms with van der Waals surface area (Å²) in [6, 6.07) is 12.0. The number of alkyl halides is 3. The van der Waals surface area contributed by atoms with Crippen molar-refractivity contribution in [1.29, 1.82) is 0 Å². The number of halogens is 3. The summed E-state index contributed by atoms with van der Waals surface area (Å²) < 4.78 is 39.0. The molecule has 0 radical (unpaired) electrons. The third kappa shape index (κ3) is 4.85. The number of anilines is 2. The fourth-order valence-electron chi connectivity index (χ4n) is 2.47. The highest BCUT2D eigenvalue weighted by Gasteiger charge is 2.33. The molecule has 0 saturated heterocycles. The van der Waals surface area contributed by atoms with Gasteiger partial charge in [0.25, 0.3) is 5.91 Å². The molecule has 140 valence electrons. The van der Waals surface area contributed by atoms with Gasteiger partial charge in [0.15, 0.2) is 0 Å². The van der Waals surface area contributed by atoms with Crippen molar-refractivity contribution < 1.29 is 18.0 Å². The van der Waals surface area contributed by atoms with Gasteiger partial charge in [-0.3, -0.25) is 4.79 Å². The molecule has 0 aliphatic heterocycles. The van der Waals surface area contributed by atoms with Crippen LogP contribution in [0, 0.1) is 6.92 Å². The molecule has 0 aliphatic rings. The molecular formula is C19H16F3N3OS. The van der Waals surface area contributed by atoms with E-state index in [1.165, 1.54) is 23.5 Å². The lowest BCUT2D eigenvalue weighted by atomic mass is 10.1. The standard InChI is InChI=1S/C19H16F3N3OS/c1-12-24-17(11-27-12)25-18(26)14-8-6-13(7-9-14)10-23-16-5-3-2-4-15(16)19(20,21)22/h2-9,11,23H,10H2,1H3,(H,25,26). The molecule has 0 atom stereocenters. The number of hydrogen-bond donors (Lipinski definition) is 2. The molecule has 1 heterocycles. The minimum Gasteiger partial charge on any atom is -0.380 e. The summed E-state index contributed by atoms with van der Waals surface area (Å²) in [6.45, 7) is 2.05. The van der Waals surface area contributed by atoms with Gasteiger partial charge in [-0.25, -0.2) is 4.98 Å². The van der Waals surface area contributed by atoms with Crippen molar-refractivity contribution in [3.05, 3.63) is 75.6 Å². The zero-order chi connectivity index (χ0) is 19.4. The molecule has 8 heteroatoms. The first kappa shape index (κ1) is 18.9. The van der Waals surface area contributed by atoms with Crippen LogP contribution in [0.3, 0.4) is 0 Å². The van der Waals surface area contributed by atoms with Crippen molar-refractivity contribution in [3.8, 4) is 0 Å². The Balaban J connectivity index is 1.64. The second-order valence-electron chi connectivity index (χ2n) is 5.80. The van der Waals surface area contributed by atoms with Crippen LogP contribution >= 0.6 is 11.3 Å². The van der Waals surface area contributed by atoms with Crippen molar-refractivity contribution >= 4 is 28.7 Å². The van der Waals surface area contributed by atoms with Crippen LogP contribution < -0.4 is 10.6 Å². The number of para-hydroxylation sites is 1. The fraction of sp³-hybridized carbons (Fsp3) is 0.158. The Morgan fingerprint density at radius 2 is 1.81 bits per heavy atom. The van der Waals surface area contributed by atoms with Crippen molar-refractivity contribution in [2.45, 2.75) is 19.6 Å². The smallest absolute Gasteiger partial charge is 0.380 e. The average molecular weight is 391 g/mol. The van der Waals surface area contributed by atoms with Gasteiger partial charge in [0, 0.05) is 23.2 Å². The van der Waals surface area contributed by atoms with Gasteiger partial charge in [-0.2, -0.15) is 13.2 Å². The van der Waals surface area contributed by atoms with E-state index in [9.17, 15) is 18.0 Å². The van der Waals surface area contributed by atoms with Crippen molar-refractivity contribution in [3.63, 3.8) is 0 Å². The Labute approximate surface area is 158 Å². The van der Waals surface area contributed by atoms with E-state index in [1.807, 2.05) is 6.92 Å². The Kier molecular flexibility index (Phi) is 5.46. The summed E-state index contributed by atoms with van der Waals surface area (Å²) in [6.07, 6.45) is -4.42. The maximum atomic E-state index is 13.0. The summed E-state index contributed by atoms with van der Waals surface area (Å²) in [5, 5.41) is 8.10. The first-order valence-electron chi connectivity index (χ1n) is 8.05. The highest BCUT2D eigenvalue weighted by atomic mass is 32.1. The molecule has 0 bridgehead atoms. The number of amides is 1. The molecule has 3 aromatic rings. The topological polar surface area (TPSA) is 54.0 Å². The number of rotatable bonds is 5. The van der Waals surface area contributed by atoms with Crippen LogP contribution in [0.4, 0.5) is 24.7 Å². The van der Waals surface area contributed by atoms with E-state index in [1.54, 1.807) is 35.7 Å². The molecule has 27 heavy (non-hydrogen) atoms. The number of carbonyl (C=O) groups is 1. The van der Waals surface area contributed by atoms with Gasteiger partial charge in [-0.1, -0.05) is 24.3 Å². The number of nitrogens with one attached hydrogen (secondary N) is 2. The highest BCUT2D eigenvalue weighted by Crippen LogP contribution is 2.34. The van der Waals surface area contributed by atoms with E-state index >= 15 is 0 Å². The molecule has 0 unspecified atom stereocenters. The Morgan fingerprint density at radius 3 is 2.44 bits per heavy atom. The third-order valence-electron chi connectivity index (χ3n) is 3.79. The maximum Gasteiger partial charge on any atom is 0.418 e. The summed E-state index contributed by atoms with van der Waals surface area (Å²) in [5.74, 6) is 0.208. The Bertz CT molecular complexity index is 936. The van der Waals surface area contributed by atoms with Crippen LogP contribution in [-0.2, 0) is 12.7 Å². The van der Waals surface area contributed by atoms with Gasteiger partial charge >= 0.3 is 6.18 Å². The van der Waals surface area contributed by atoms with E-state index in [4.69, 9.17) is 0 Å². The number of carbonyl (C=O) groups excluding carboxylic acids is 1. The fourth-order valence-corrected chi connectivity index (χ4v) is 3.01. The highest BCUT2D eigenvalue weighted by molar-refractivity contribution is 7.09. The number of aryl methyl sites for hydroxylation is 1. The second kappa shape index (κ2) is 7.79. The van der Waals surface area contributed by atoms with Gasteiger partial charge in [-0.15, -0.1) is 11.3 Å². The molecule has 0 saturated carbocycles. The second-order valence-corrected chi connectivity index (χ2v) is 6.86. The predicted molar refractivity (Wildman–Crippen MR) is 100 cm³/mol. The summed E-state index contributed by atoms with van der Waals surface area (Å²) in [5.41, 5.74) is 0.512. The van der Waals surface area contributed by atoms with Crippen molar-refractivity contribution in [2.75, 3.05) is 10.6 Å². The van der Waals surface area contributed by atoms with Gasteiger partial charge in [0.1, 0.15) is 5.82 Å². The predicted octanol–water partition coefficient (Wildman–Crippen LogP) is 5.33. The Morgan fingerprint density at radius 1 is 1.11 bits per heavy atom. The van der Waals surface area contributed by atoms with Crippen LogP contribution in [0.1, 0.15) is 26.5 Å². The molecule has 1 amide bonds.